The van der Waals surface area contributed by atoms with Gasteiger partial charge >= 0.3 is 5.97 Å². The van der Waals surface area contributed by atoms with Gasteiger partial charge in [-0.05, 0) is 91.3 Å². The fourth-order valence-corrected chi connectivity index (χ4v) is 4.78. The van der Waals surface area contributed by atoms with Crippen LogP contribution in [0, 0.1) is 17.7 Å². The van der Waals surface area contributed by atoms with E-state index in [0.29, 0.717) is 30.4 Å². The number of aryl methyl sites for hydroxylation is 1. The molecule has 0 bridgehead atoms. The first kappa shape index (κ1) is 31.5. The molecule has 0 N–H and O–H groups in total. The van der Waals surface area contributed by atoms with Gasteiger partial charge in [0.2, 0.25) is 0 Å². The Labute approximate surface area is 253 Å². The Bertz CT molecular complexity index is 1490. The van der Waals surface area contributed by atoms with Crippen LogP contribution in [0.5, 0.6) is 5.75 Å². The van der Waals surface area contributed by atoms with Crippen molar-refractivity contribution in [3.63, 3.8) is 0 Å². The average Bonchev–Trinajstić information content (AvgIpc) is 3.43. The molecule has 7 nitrogen and oxygen atoms in total. The van der Waals surface area contributed by atoms with Crippen LogP contribution in [0.25, 0.3) is 5.69 Å². The van der Waals surface area contributed by atoms with Crippen LogP contribution < -0.4 is 4.74 Å². The van der Waals surface area contributed by atoms with Crippen LogP contribution in [0.1, 0.15) is 55.8 Å². The van der Waals surface area contributed by atoms with E-state index in [1.165, 1.54) is 24.8 Å². The number of halogens is 1. The largest absolute Gasteiger partial charge is 0.487 e. The van der Waals surface area contributed by atoms with Crippen LogP contribution in [-0.2, 0) is 46.8 Å². The Hall–Kier alpha value is -4.46. The molecule has 8 heteroatoms. The van der Waals surface area contributed by atoms with Crippen molar-refractivity contribution in [3.8, 4) is 11.4 Å². The number of rotatable bonds is 14. The zero-order chi connectivity index (χ0) is 30.8. The number of oxime groups is 1. The lowest BCUT2D eigenvalue weighted by atomic mass is 9.95. The molecule has 1 unspecified atom stereocenters. The molecule has 0 aliphatic carbocycles. The highest BCUT2D eigenvalue weighted by Gasteiger charge is 2.24. The third-order valence-electron chi connectivity index (χ3n) is 7.11. The molecule has 1 heterocycles. The van der Waals surface area contributed by atoms with Gasteiger partial charge in [-0.25, -0.2) is 9.07 Å². The highest BCUT2D eigenvalue weighted by Crippen LogP contribution is 2.20. The molecule has 4 aromatic rings. The smallest absolute Gasteiger partial charge is 0.314 e. The van der Waals surface area contributed by atoms with Gasteiger partial charge in [0.1, 0.15) is 36.4 Å². The Morgan fingerprint density at radius 3 is 2.16 bits per heavy atom. The Balaban J connectivity index is 1.36. The summed E-state index contributed by atoms with van der Waals surface area (Å²) in [4.78, 5) is 18.0. The van der Waals surface area contributed by atoms with Gasteiger partial charge in [0.05, 0.1) is 18.5 Å². The van der Waals surface area contributed by atoms with E-state index in [0.717, 1.165) is 41.0 Å². The fraction of sp³-hybridized carbons (Fsp3) is 0.343. The van der Waals surface area contributed by atoms with Gasteiger partial charge in [0, 0.05) is 5.69 Å². The Morgan fingerprint density at radius 2 is 1.53 bits per heavy atom. The third kappa shape index (κ3) is 9.01. The summed E-state index contributed by atoms with van der Waals surface area (Å²) in [5.41, 5.74) is 6.53. The highest BCUT2D eigenvalue weighted by atomic mass is 19.1. The van der Waals surface area contributed by atoms with Crippen molar-refractivity contribution in [1.82, 2.24) is 9.78 Å². The SMILES string of the molecule is CCc1cc(COc2ccc(CC(C(=O)OC)/C(C)=N/OCc3ccc(F)cc3)cc2)nn1-c1ccc(CC(C)C)cc1. The summed E-state index contributed by atoms with van der Waals surface area (Å²) in [6, 6.07) is 24.3. The first-order valence-electron chi connectivity index (χ1n) is 14.6. The number of esters is 1. The minimum absolute atomic E-state index is 0.167. The summed E-state index contributed by atoms with van der Waals surface area (Å²) < 4.78 is 26.2. The molecule has 0 fully saturated rings. The lowest BCUT2D eigenvalue weighted by Crippen LogP contribution is -2.26. The van der Waals surface area contributed by atoms with Crippen molar-refractivity contribution >= 4 is 11.7 Å². The summed E-state index contributed by atoms with van der Waals surface area (Å²) in [5, 5.41) is 8.94. The van der Waals surface area contributed by atoms with Gasteiger partial charge in [-0.15, -0.1) is 0 Å². The van der Waals surface area contributed by atoms with Crippen molar-refractivity contribution < 1.29 is 23.5 Å². The van der Waals surface area contributed by atoms with Crippen molar-refractivity contribution in [1.29, 1.82) is 0 Å². The minimum Gasteiger partial charge on any atom is -0.487 e. The molecule has 1 atom stereocenters. The first-order chi connectivity index (χ1) is 20.7. The predicted molar refractivity (Wildman–Crippen MR) is 166 cm³/mol. The second-order valence-electron chi connectivity index (χ2n) is 11.0. The first-order valence-corrected chi connectivity index (χ1v) is 14.6. The molecule has 43 heavy (non-hydrogen) atoms. The number of ether oxygens (including phenoxy) is 2. The molecule has 1 aromatic heterocycles. The quantitative estimate of drug-likeness (QED) is 0.0884. The lowest BCUT2D eigenvalue weighted by molar-refractivity contribution is -0.143. The van der Waals surface area contributed by atoms with Crippen molar-refractivity contribution in [2.45, 2.75) is 60.2 Å². The van der Waals surface area contributed by atoms with Crippen LogP contribution in [0.2, 0.25) is 0 Å². The predicted octanol–water partition coefficient (Wildman–Crippen LogP) is 7.28. The molecule has 3 aromatic carbocycles. The number of nitrogens with zero attached hydrogens (tertiary/aromatic N) is 3. The normalized spacial score (nSPS) is 12.3. The van der Waals surface area contributed by atoms with Crippen LogP contribution in [0.3, 0.4) is 0 Å². The molecule has 0 aliphatic rings. The van der Waals surface area contributed by atoms with Gasteiger partial charge in [-0.3, -0.25) is 4.79 Å². The molecule has 226 valence electrons. The molecule has 0 aliphatic heterocycles. The van der Waals surface area contributed by atoms with Gasteiger partial charge in [0.15, 0.2) is 0 Å². The van der Waals surface area contributed by atoms with E-state index in [1.807, 2.05) is 28.9 Å². The molecule has 0 saturated heterocycles. The van der Waals surface area contributed by atoms with E-state index in [4.69, 9.17) is 19.4 Å². The molecule has 0 radical (unpaired) electrons. The minimum atomic E-state index is -0.610. The summed E-state index contributed by atoms with van der Waals surface area (Å²) in [6.45, 7) is 8.81. The Morgan fingerprint density at radius 1 is 0.907 bits per heavy atom. The van der Waals surface area contributed by atoms with Crippen LogP contribution in [-0.4, -0.2) is 28.6 Å². The number of carbonyl (C=O) groups is 1. The van der Waals surface area contributed by atoms with Crippen LogP contribution >= 0.6 is 0 Å². The van der Waals surface area contributed by atoms with Gasteiger partial charge in [0.25, 0.3) is 0 Å². The van der Waals surface area contributed by atoms with E-state index in [-0.39, 0.29) is 12.4 Å². The standard InChI is InChI=1S/C35H40FN3O4/c1-6-31-21-30(37-39(31)32-15-9-26(10-16-32)19-24(2)3)23-42-33-17-11-27(12-18-33)20-34(35(40)41-5)25(4)38-43-22-28-7-13-29(36)14-8-28/h7-18,21,24,34H,6,19-20,22-23H2,1-5H3/b38-25+. The maximum Gasteiger partial charge on any atom is 0.314 e. The van der Waals surface area contributed by atoms with Crippen molar-refractivity contribution in [2.24, 2.45) is 17.0 Å². The maximum atomic E-state index is 13.1. The molecule has 0 spiro atoms. The van der Waals surface area contributed by atoms with Crippen molar-refractivity contribution in [2.75, 3.05) is 7.11 Å². The second kappa shape index (κ2) is 15.1. The number of hydrogen-bond donors (Lipinski definition) is 0. The van der Waals surface area contributed by atoms with Gasteiger partial charge in [-0.2, -0.15) is 5.10 Å². The third-order valence-corrected chi connectivity index (χ3v) is 7.11. The summed E-state index contributed by atoms with van der Waals surface area (Å²) in [7, 11) is 1.35. The number of methoxy groups -OCH3 is 1. The zero-order valence-electron chi connectivity index (χ0n) is 25.5. The average molecular weight is 586 g/mol. The van der Waals surface area contributed by atoms with Gasteiger partial charge in [-0.1, -0.05) is 62.3 Å². The molecule has 4 rings (SSSR count). The van der Waals surface area contributed by atoms with E-state index >= 15 is 0 Å². The molecular weight excluding hydrogens is 545 g/mol. The van der Waals surface area contributed by atoms with E-state index in [2.05, 4.69) is 56.3 Å². The van der Waals surface area contributed by atoms with Crippen LogP contribution in [0.4, 0.5) is 4.39 Å². The summed E-state index contributed by atoms with van der Waals surface area (Å²) in [5.74, 6) is -0.00112. The lowest BCUT2D eigenvalue weighted by Gasteiger charge is -2.15. The number of carbonyl (C=O) groups excluding carboxylic acids is 1. The molecular formula is C35H40FN3O4. The monoisotopic (exact) mass is 585 g/mol. The number of hydrogen-bond acceptors (Lipinski definition) is 6. The molecule has 0 amide bonds. The number of aromatic nitrogens is 2. The van der Waals surface area contributed by atoms with E-state index in [9.17, 15) is 9.18 Å². The second-order valence-corrected chi connectivity index (χ2v) is 11.0. The maximum absolute atomic E-state index is 13.1. The highest BCUT2D eigenvalue weighted by molar-refractivity contribution is 6.00. The fourth-order valence-electron chi connectivity index (χ4n) is 4.78. The summed E-state index contributed by atoms with van der Waals surface area (Å²) in [6.07, 6.45) is 2.31. The zero-order valence-corrected chi connectivity index (χ0v) is 25.5. The summed E-state index contributed by atoms with van der Waals surface area (Å²) >= 11 is 0. The van der Waals surface area contributed by atoms with E-state index < -0.39 is 11.9 Å². The van der Waals surface area contributed by atoms with Crippen molar-refractivity contribution in [3.05, 3.63) is 113 Å². The number of benzene rings is 3. The molecule has 0 saturated carbocycles. The van der Waals surface area contributed by atoms with Crippen LogP contribution in [0.15, 0.2) is 84.0 Å². The topological polar surface area (TPSA) is 74.9 Å². The Kier molecular flexibility index (Phi) is 11.1. The van der Waals surface area contributed by atoms with Gasteiger partial charge < -0.3 is 14.3 Å². The van der Waals surface area contributed by atoms with E-state index in [1.54, 1.807) is 19.1 Å².